The second-order valence-corrected chi connectivity index (χ2v) is 10.1. The van der Waals surface area contributed by atoms with Crippen LogP contribution in [-0.4, -0.2) is 62.8 Å². The van der Waals surface area contributed by atoms with E-state index in [0.29, 0.717) is 31.6 Å². The predicted octanol–water partition coefficient (Wildman–Crippen LogP) is 1.56. The Morgan fingerprint density at radius 1 is 1.50 bits per heavy atom. The number of carbonyl (C=O) groups is 2. The molecule has 0 bridgehead atoms. The number of thioether (sulfide) groups is 1. The van der Waals surface area contributed by atoms with Crippen LogP contribution in [0.3, 0.4) is 0 Å². The van der Waals surface area contributed by atoms with E-state index in [4.69, 9.17) is 4.74 Å². The maximum Gasteiger partial charge on any atom is 0.328 e. The number of amides is 1. The molecule has 146 valence electrons. The van der Waals surface area contributed by atoms with Crippen LogP contribution in [0.2, 0.25) is 0 Å². The summed E-state index contributed by atoms with van der Waals surface area (Å²) in [4.78, 5) is 24.5. The molecule has 0 aromatic carbocycles. The van der Waals surface area contributed by atoms with Gasteiger partial charge < -0.3 is 10.1 Å². The maximum atomic E-state index is 12.7. The molecule has 1 saturated heterocycles. The van der Waals surface area contributed by atoms with E-state index in [1.54, 1.807) is 29.3 Å². The number of methoxy groups -OCH3 is 1. The van der Waals surface area contributed by atoms with Crippen molar-refractivity contribution in [1.82, 2.24) is 9.62 Å². The Hall–Kier alpha value is -1.10. The second kappa shape index (κ2) is 9.72. The molecule has 2 heterocycles. The molecule has 1 N–H and O–H groups in total. The Balaban J connectivity index is 2.03. The lowest BCUT2D eigenvalue weighted by molar-refractivity contribution is -0.145. The van der Waals surface area contributed by atoms with E-state index in [-0.39, 0.29) is 16.7 Å². The molecule has 10 heteroatoms. The first-order chi connectivity index (χ1) is 12.4. The smallest absolute Gasteiger partial charge is 0.328 e. The zero-order valence-corrected chi connectivity index (χ0v) is 17.3. The highest BCUT2D eigenvalue weighted by molar-refractivity contribution is 7.98. The largest absolute Gasteiger partial charge is 0.467 e. The van der Waals surface area contributed by atoms with Crippen molar-refractivity contribution in [3.63, 3.8) is 0 Å². The molecule has 0 spiro atoms. The van der Waals surface area contributed by atoms with E-state index in [0.717, 1.165) is 0 Å². The van der Waals surface area contributed by atoms with Crippen LogP contribution in [-0.2, 0) is 24.3 Å². The molecule has 26 heavy (non-hydrogen) atoms. The molecule has 1 aliphatic heterocycles. The number of sulfonamides is 1. The topological polar surface area (TPSA) is 92.8 Å². The number of ether oxygens (including phenoxy) is 1. The molecule has 2 atom stereocenters. The quantitative estimate of drug-likeness (QED) is 0.642. The predicted molar refractivity (Wildman–Crippen MR) is 103 cm³/mol. The van der Waals surface area contributed by atoms with Crippen LogP contribution in [0.5, 0.6) is 0 Å². The van der Waals surface area contributed by atoms with Gasteiger partial charge in [-0.2, -0.15) is 16.1 Å². The van der Waals surface area contributed by atoms with Gasteiger partial charge in [-0.3, -0.25) is 4.79 Å². The van der Waals surface area contributed by atoms with Gasteiger partial charge in [-0.25, -0.2) is 13.2 Å². The fourth-order valence-electron chi connectivity index (χ4n) is 2.83. The average Bonchev–Trinajstić information content (AvgIpc) is 3.20. The molecule has 0 aliphatic carbocycles. The molecular weight excluding hydrogens is 396 g/mol. The number of hydrogen-bond donors (Lipinski definition) is 1. The minimum atomic E-state index is -3.57. The van der Waals surface area contributed by atoms with E-state index >= 15 is 0 Å². The summed E-state index contributed by atoms with van der Waals surface area (Å²) < 4.78 is 31.7. The van der Waals surface area contributed by atoms with E-state index in [9.17, 15) is 18.0 Å². The van der Waals surface area contributed by atoms with Crippen LogP contribution in [0.15, 0.2) is 21.7 Å². The number of carbonyl (C=O) groups excluding carboxylic acids is 2. The van der Waals surface area contributed by atoms with Gasteiger partial charge in [0.05, 0.1) is 13.0 Å². The Bertz CT molecular complexity index is 705. The molecule has 7 nitrogen and oxygen atoms in total. The minimum Gasteiger partial charge on any atom is -0.467 e. The highest BCUT2D eigenvalue weighted by Crippen LogP contribution is 2.26. The summed E-state index contributed by atoms with van der Waals surface area (Å²) in [5, 5.41) is 4.45. The van der Waals surface area contributed by atoms with Gasteiger partial charge in [0, 0.05) is 13.1 Å². The van der Waals surface area contributed by atoms with Crippen LogP contribution in [0.4, 0.5) is 0 Å². The number of rotatable bonds is 8. The van der Waals surface area contributed by atoms with Gasteiger partial charge in [0.15, 0.2) is 0 Å². The van der Waals surface area contributed by atoms with Gasteiger partial charge >= 0.3 is 5.97 Å². The zero-order valence-electron chi connectivity index (χ0n) is 14.8. The number of nitrogens with zero attached hydrogens (tertiary/aromatic N) is 1. The summed E-state index contributed by atoms with van der Waals surface area (Å²) in [6.07, 6.45) is 3.60. The Labute approximate surface area is 162 Å². The lowest BCUT2D eigenvalue weighted by Crippen LogP contribution is -2.49. The number of hydrogen-bond acceptors (Lipinski definition) is 7. The SMILES string of the molecule is COC(=O)[C@H](CCSC)NC(=O)[C@H]1CCCN(S(=O)(=O)c2cccs2)C1. The van der Waals surface area contributed by atoms with Crippen molar-refractivity contribution in [2.75, 3.05) is 32.2 Å². The van der Waals surface area contributed by atoms with Gasteiger partial charge in [-0.15, -0.1) is 11.3 Å². The van der Waals surface area contributed by atoms with Crippen LogP contribution in [0.25, 0.3) is 0 Å². The van der Waals surface area contributed by atoms with Crippen molar-refractivity contribution < 1.29 is 22.7 Å². The monoisotopic (exact) mass is 420 g/mol. The summed E-state index contributed by atoms with van der Waals surface area (Å²) in [6.45, 7) is 0.527. The molecule has 0 unspecified atom stereocenters. The van der Waals surface area contributed by atoms with Crippen LogP contribution in [0.1, 0.15) is 19.3 Å². The van der Waals surface area contributed by atoms with Crippen molar-refractivity contribution in [3.05, 3.63) is 17.5 Å². The summed E-state index contributed by atoms with van der Waals surface area (Å²) in [5.74, 6) is -0.539. The summed E-state index contributed by atoms with van der Waals surface area (Å²) in [7, 11) is -2.28. The third-order valence-corrected chi connectivity index (χ3v) is 8.14. The molecule has 1 aromatic rings. The molecule has 1 aliphatic rings. The first kappa shape index (κ1) is 21.2. The Kier molecular flexibility index (Phi) is 7.93. The van der Waals surface area contributed by atoms with Gasteiger partial charge in [-0.1, -0.05) is 6.07 Å². The van der Waals surface area contributed by atoms with E-state index in [1.807, 2.05) is 6.26 Å². The number of thiophene rings is 1. The molecule has 0 radical (unpaired) electrons. The Morgan fingerprint density at radius 2 is 2.27 bits per heavy atom. The van der Waals surface area contributed by atoms with Crippen molar-refractivity contribution >= 4 is 45.0 Å². The highest BCUT2D eigenvalue weighted by atomic mass is 32.2. The van der Waals surface area contributed by atoms with Gasteiger partial charge in [-0.05, 0) is 42.7 Å². The van der Waals surface area contributed by atoms with E-state index in [1.165, 1.54) is 22.8 Å². The van der Waals surface area contributed by atoms with Crippen LogP contribution < -0.4 is 5.32 Å². The van der Waals surface area contributed by atoms with Gasteiger partial charge in [0.2, 0.25) is 5.91 Å². The Morgan fingerprint density at radius 3 is 2.88 bits per heavy atom. The van der Waals surface area contributed by atoms with E-state index < -0.39 is 28.0 Å². The summed E-state index contributed by atoms with van der Waals surface area (Å²) in [6, 6.07) is 2.56. The lowest BCUT2D eigenvalue weighted by atomic mass is 9.98. The first-order valence-corrected chi connectivity index (χ1v) is 12.0. The van der Waals surface area contributed by atoms with E-state index in [2.05, 4.69) is 5.32 Å². The number of piperidine rings is 1. The minimum absolute atomic E-state index is 0.127. The van der Waals surface area contributed by atoms with Crippen molar-refractivity contribution in [1.29, 1.82) is 0 Å². The molecular formula is C16H24N2O5S3. The zero-order chi connectivity index (χ0) is 19.2. The molecule has 1 fully saturated rings. The fourth-order valence-corrected chi connectivity index (χ4v) is 5.97. The van der Waals surface area contributed by atoms with Crippen molar-refractivity contribution in [2.24, 2.45) is 5.92 Å². The molecule has 1 amide bonds. The standard InChI is InChI=1S/C16H24N2O5S3/c1-23-16(20)13(7-10-24-2)17-15(19)12-5-3-8-18(11-12)26(21,22)14-6-4-9-25-14/h4,6,9,12-13H,3,5,7-8,10-11H2,1-2H3,(H,17,19)/t12-,13-/m0/s1. The normalized spacial score (nSPS) is 19.7. The molecule has 0 saturated carbocycles. The molecule has 2 rings (SSSR count). The third-order valence-electron chi connectivity index (χ3n) is 4.26. The average molecular weight is 421 g/mol. The van der Waals surface area contributed by atoms with Crippen LogP contribution in [0, 0.1) is 5.92 Å². The fraction of sp³-hybridized carbons (Fsp3) is 0.625. The maximum absolute atomic E-state index is 12.7. The second-order valence-electron chi connectivity index (χ2n) is 6.00. The first-order valence-electron chi connectivity index (χ1n) is 8.31. The van der Waals surface area contributed by atoms with Crippen molar-refractivity contribution in [3.8, 4) is 0 Å². The van der Waals surface area contributed by atoms with Gasteiger partial charge in [0.1, 0.15) is 10.3 Å². The summed E-state index contributed by atoms with van der Waals surface area (Å²) >= 11 is 2.74. The highest BCUT2D eigenvalue weighted by Gasteiger charge is 2.35. The molecule has 1 aromatic heterocycles. The van der Waals surface area contributed by atoms with Crippen molar-refractivity contribution in [2.45, 2.75) is 29.5 Å². The number of nitrogens with one attached hydrogen (secondary N) is 1. The third kappa shape index (κ3) is 5.21. The lowest BCUT2D eigenvalue weighted by Gasteiger charge is -2.31. The summed E-state index contributed by atoms with van der Waals surface area (Å²) in [5.41, 5.74) is 0. The van der Waals surface area contributed by atoms with Gasteiger partial charge in [0.25, 0.3) is 10.0 Å². The number of esters is 1. The van der Waals surface area contributed by atoms with Crippen LogP contribution >= 0.6 is 23.1 Å².